The van der Waals surface area contributed by atoms with Crippen LogP contribution in [0.25, 0.3) is 0 Å². The van der Waals surface area contributed by atoms with Gasteiger partial charge in [0.2, 0.25) is 0 Å². The number of benzene rings is 1. The smallest absolute Gasteiger partial charge is 0.336 e. The Labute approximate surface area is 180 Å². The molecule has 1 heterocycles. The van der Waals surface area contributed by atoms with Crippen molar-refractivity contribution in [3.63, 3.8) is 0 Å². The van der Waals surface area contributed by atoms with E-state index in [-0.39, 0.29) is 23.1 Å². The van der Waals surface area contributed by atoms with Gasteiger partial charge in [-0.15, -0.1) is 0 Å². The number of rotatable bonds is 5. The summed E-state index contributed by atoms with van der Waals surface area (Å²) in [6.45, 7) is 8.61. The minimum Gasteiger partial charge on any atom is -0.462 e. The summed E-state index contributed by atoms with van der Waals surface area (Å²) < 4.78 is 6.64. The number of carbonyl (C=O) groups excluding carboxylic acids is 2. The van der Waals surface area contributed by atoms with Crippen LogP contribution in [-0.2, 0) is 14.3 Å². The number of ketones is 1. The van der Waals surface area contributed by atoms with Crippen LogP contribution < -0.4 is 5.32 Å². The zero-order valence-electron chi connectivity index (χ0n) is 17.0. The summed E-state index contributed by atoms with van der Waals surface area (Å²) in [6, 6.07) is 8.05. The van der Waals surface area contributed by atoms with Crippen LogP contribution >= 0.6 is 22.6 Å². The third-order valence-electron chi connectivity index (χ3n) is 5.37. The van der Waals surface area contributed by atoms with Crippen molar-refractivity contribution in [3.8, 4) is 0 Å². The van der Waals surface area contributed by atoms with E-state index in [0.717, 1.165) is 45.4 Å². The zero-order chi connectivity index (χ0) is 20.5. The lowest BCUT2D eigenvalue weighted by Crippen LogP contribution is -2.38. The maximum atomic E-state index is 13.2. The molecule has 1 aromatic carbocycles. The third kappa shape index (κ3) is 4.34. The minimum atomic E-state index is -0.372. The molecule has 5 heteroatoms. The summed E-state index contributed by atoms with van der Waals surface area (Å²) >= 11 is 2.27. The number of nitrogens with one attached hydrogen (secondary N) is 1. The van der Waals surface area contributed by atoms with Crippen molar-refractivity contribution in [2.45, 2.75) is 59.3 Å². The Morgan fingerprint density at radius 2 is 2.07 bits per heavy atom. The van der Waals surface area contributed by atoms with E-state index >= 15 is 0 Å². The standard InChI is InChI=1S/C23H28INO3/c1-5-6-10-28-22(27)19-14(2)25-17-12-23(3,4)13-18(26)21(17)20(19)15-8-7-9-16(24)11-15/h7-9,11,20,25H,5-6,10,12-13H2,1-4H3/t20-/m0/s1. The Morgan fingerprint density at radius 3 is 2.75 bits per heavy atom. The molecule has 1 aromatic rings. The lowest BCUT2D eigenvalue weighted by molar-refractivity contribution is -0.139. The number of dihydropyridines is 1. The van der Waals surface area contributed by atoms with E-state index < -0.39 is 0 Å². The highest BCUT2D eigenvalue weighted by Gasteiger charge is 2.43. The Balaban J connectivity index is 2.09. The number of allylic oxidation sites excluding steroid dienone is 3. The number of ether oxygens (including phenoxy) is 1. The first-order chi connectivity index (χ1) is 13.2. The molecule has 0 saturated carbocycles. The molecule has 0 radical (unpaired) electrons. The van der Waals surface area contributed by atoms with Crippen LogP contribution in [0.5, 0.6) is 0 Å². The summed E-state index contributed by atoms with van der Waals surface area (Å²) in [5.41, 5.74) is 3.91. The number of hydrogen-bond acceptors (Lipinski definition) is 4. The quantitative estimate of drug-likeness (QED) is 0.347. The van der Waals surface area contributed by atoms with Gasteiger partial charge in [-0.1, -0.05) is 39.3 Å². The number of Topliss-reactive ketones (excluding diaryl/α,β-unsaturated/α-hetero) is 1. The molecule has 2 aliphatic rings. The fourth-order valence-corrected chi connectivity index (χ4v) is 4.68. The summed E-state index contributed by atoms with van der Waals surface area (Å²) in [4.78, 5) is 26.2. The van der Waals surface area contributed by atoms with E-state index in [0.29, 0.717) is 18.6 Å². The molecule has 4 nitrogen and oxygen atoms in total. The highest BCUT2D eigenvalue weighted by atomic mass is 127. The second-order valence-electron chi connectivity index (χ2n) is 8.47. The first kappa shape index (κ1) is 21.1. The maximum Gasteiger partial charge on any atom is 0.336 e. The molecule has 1 aliphatic heterocycles. The number of hydrogen-bond donors (Lipinski definition) is 1. The third-order valence-corrected chi connectivity index (χ3v) is 6.04. The van der Waals surface area contributed by atoms with Gasteiger partial charge in [0.15, 0.2) is 5.78 Å². The Kier molecular flexibility index (Phi) is 6.32. The van der Waals surface area contributed by atoms with Crippen LogP contribution in [-0.4, -0.2) is 18.4 Å². The van der Waals surface area contributed by atoms with Gasteiger partial charge in [0.05, 0.1) is 12.2 Å². The predicted molar refractivity (Wildman–Crippen MR) is 119 cm³/mol. The zero-order valence-corrected chi connectivity index (χ0v) is 19.2. The van der Waals surface area contributed by atoms with E-state index in [1.807, 2.05) is 25.1 Å². The fraction of sp³-hybridized carbons (Fsp3) is 0.478. The number of carbonyl (C=O) groups is 2. The number of esters is 1. The average molecular weight is 493 g/mol. The summed E-state index contributed by atoms with van der Waals surface area (Å²) in [7, 11) is 0. The molecule has 0 amide bonds. The highest BCUT2D eigenvalue weighted by molar-refractivity contribution is 14.1. The van der Waals surface area contributed by atoms with Gasteiger partial charge in [0.25, 0.3) is 0 Å². The van der Waals surface area contributed by atoms with Crippen molar-refractivity contribution in [3.05, 3.63) is 55.9 Å². The SMILES string of the molecule is CCCCOC(=O)C1=C(C)NC2=C(C(=O)CC(C)(C)C2)[C@H]1c1cccc(I)c1. The van der Waals surface area contributed by atoms with E-state index in [4.69, 9.17) is 4.74 Å². The van der Waals surface area contributed by atoms with Crippen LogP contribution in [0.1, 0.15) is 64.9 Å². The predicted octanol–water partition coefficient (Wildman–Crippen LogP) is 5.24. The van der Waals surface area contributed by atoms with Crippen molar-refractivity contribution in [1.29, 1.82) is 0 Å². The summed E-state index contributed by atoms with van der Waals surface area (Å²) in [6.07, 6.45) is 3.09. The van der Waals surface area contributed by atoms with Gasteiger partial charge in [-0.05, 0) is 65.5 Å². The van der Waals surface area contributed by atoms with E-state index in [1.54, 1.807) is 0 Å². The summed E-state index contributed by atoms with van der Waals surface area (Å²) in [5.74, 6) is -0.579. The number of halogens is 1. The first-order valence-corrected chi connectivity index (χ1v) is 11.0. The molecule has 0 fully saturated rings. The molecule has 0 saturated heterocycles. The summed E-state index contributed by atoms with van der Waals surface area (Å²) in [5, 5.41) is 3.38. The average Bonchev–Trinajstić information content (AvgIpc) is 2.59. The Hall–Kier alpha value is -1.63. The van der Waals surface area contributed by atoms with Crippen LogP contribution in [0, 0.1) is 8.99 Å². The molecule has 1 N–H and O–H groups in total. The Bertz CT molecular complexity index is 866. The molecule has 3 rings (SSSR count). The second-order valence-corrected chi connectivity index (χ2v) is 9.72. The molecule has 0 spiro atoms. The topological polar surface area (TPSA) is 55.4 Å². The molecule has 150 valence electrons. The minimum absolute atomic E-state index is 0.0853. The van der Waals surface area contributed by atoms with Gasteiger partial charge >= 0.3 is 5.97 Å². The van der Waals surface area contributed by atoms with Gasteiger partial charge < -0.3 is 10.1 Å². The normalized spacial score (nSPS) is 21.3. The van der Waals surface area contributed by atoms with Gasteiger partial charge in [-0.25, -0.2) is 4.79 Å². The molecule has 0 bridgehead atoms. The van der Waals surface area contributed by atoms with Gasteiger partial charge in [-0.3, -0.25) is 4.79 Å². The maximum absolute atomic E-state index is 13.2. The molecular weight excluding hydrogens is 465 g/mol. The first-order valence-electron chi connectivity index (χ1n) is 9.90. The van der Waals surface area contributed by atoms with Gasteiger partial charge in [0, 0.05) is 32.9 Å². The second kappa shape index (κ2) is 8.39. The molecule has 28 heavy (non-hydrogen) atoms. The lowest BCUT2D eigenvalue weighted by atomic mass is 9.68. The fourth-order valence-electron chi connectivity index (χ4n) is 4.11. The van der Waals surface area contributed by atoms with Crippen LogP contribution in [0.2, 0.25) is 0 Å². The lowest BCUT2D eigenvalue weighted by Gasteiger charge is -2.39. The van der Waals surface area contributed by atoms with E-state index in [2.05, 4.69) is 54.7 Å². The number of unbranched alkanes of at least 4 members (excludes halogenated alkanes) is 1. The molecule has 1 atom stereocenters. The molecule has 0 unspecified atom stereocenters. The monoisotopic (exact) mass is 493 g/mol. The molecular formula is C23H28INO3. The van der Waals surface area contributed by atoms with Crippen molar-refractivity contribution in [2.24, 2.45) is 5.41 Å². The van der Waals surface area contributed by atoms with E-state index in [9.17, 15) is 9.59 Å². The van der Waals surface area contributed by atoms with Crippen LogP contribution in [0.3, 0.4) is 0 Å². The molecule has 0 aromatic heterocycles. The van der Waals surface area contributed by atoms with Gasteiger partial charge in [-0.2, -0.15) is 0 Å². The van der Waals surface area contributed by atoms with Crippen LogP contribution in [0.4, 0.5) is 0 Å². The Morgan fingerprint density at radius 1 is 1.32 bits per heavy atom. The highest BCUT2D eigenvalue weighted by Crippen LogP contribution is 2.46. The van der Waals surface area contributed by atoms with Crippen molar-refractivity contribution in [2.75, 3.05) is 6.61 Å². The largest absolute Gasteiger partial charge is 0.462 e. The van der Waals surface area contributed by atoms with Crippen molar-refractivity contribution < 1.29 is 14.3 Å². The van der Waals surface area contributed by atoms with Crippen LogP contribution in [0.15, 0.2) is 46.8 Å². The van der Waals surface area contributed by atoms with E-state index in [1.165, 1.54) is 0 Å². The van der Waals surface area contributed by atoms with Crippen molar-refractivity contribution >= 4 is 34.3 Å². The molecule has 1 aliphatic carbocycles. The van der Waals surface area contributed by atoms with Crippen molar-refractivity contribution in [1.82, 2.24) is 5.32 Å². The van der Waals surface area contributed by atoms with Gasteiger partial charge in [0.1, 0.15) is 0 Å².